The van der Waals surface area contributed by atoms with E-state index in [4.69, 9.17) is 13.9 Å². The van der Waals surface area contributed by atoms with Crippen LogP contribution in [0.15, 0.2) is 48.5 Å². The Morgan fingerprint density at radius 3 is 2.07 bits per heavy atom. The van der Waals surface area contributed by atoms with Gasteiger partial charge in [0.15, 0.2) is 9.04 Å². The third-order valence-electron chi connectivity index (χ3n) is 7.20. The van der Waals surface area contributed by atoms with Crippen LogP contribution in [0.4, 0.5) is 4.79 Å². The lowest BCUT2D eigenvalue weighted by molar-refractivity contribution is -0.131. The van der Waals surface area contributed by atoms with Crippen molar-refractivity contribution in [3.8, 4) is 5.75 Å². The molecule has 2 aromatic carbocycles. The van der Waals surface area contributed by atoms with Gasteiger partial charge in [-0.1, -0.05) is 45.0 Å². The van der Waals surface area contributed by atoms with Crippen LogP contribution in [0.3, 0.4) is 0 Å². The Labute approximate surface area is 256 Å². The number of β-amino-alcohol motifs (C(OH)–C–C–N with tert-alkyl or cyclic N) is 1. The molecule has 3 rings (SSSR count). The molecule has 2 aromatic rings. The lowest BCUT2D eigenvalue weighted by atomic mass is 10.1. The highest BCUT2D eigenvalue weighted by Crippen LogP contribution is 2.29. The Balaban J connectivity index is 1.37. The topological polar surface area (TPSA) is 126 Å². The molecule has 3 unspecified atom stereocenters. The number of rotatable bonds is 11. The zero-order valence-corrected chi connectivity index (χ0v) is 27.6. The number of carbonyl (C=O) groups is 3. The zero-order valence-electron chi connectivity index (χ0n) is 26.4. The Kier molecular flexibility index (Phi) is 11.8. The number of aliphatic hydroxyl groups is 1. The second kappa shape index (κ2) is 14.9. The minimum Gasteiger partial charge on any atom is -0.493 e. The third-order valence-corrected chi connectivity index (χ3v) is 10.4. The molecule has 0 spiro atoms. The van der Waals surface area contributed by atoms with Crippen LogP contribution in [0.25, 0.3) is 0 Å². The fourth-order valence-electron chi connectivity index (χ4n) is 4.23. The number of hydrogen-bond acceptors (Lipinski definition) is 7. The van der Waals surface area contributed by atoms with E-state index >= 15 is 0 Å². The van der Waals surface area contributed by atoms with Crippen molar-refractivity contribution >= 4 is 26.9 Å². The van der Waals surface area contributed by atoms with Gasteiger partial charge in [-0.2, -0.15) is 0 Å². The first-order valence-corrected chi connectivity index (χ1v) is 17.0. The zero-order chi connectivity index (χ0) is 31.8. The molecule has 236 valence electrons. The van der Waals surface area contributed by atoms with Crippen LogP contribution in [-0.4, -0.2) is 74.5 Å². The molecule has 1 aliphatic rings. The molecule has 3 amide bonds. The smallest absolute Gasteiger partial charge is 0.407 e. The summed E-state index contributed by atoms with van der Waals surface area (Å²) < 4.78 is 17.2. The normalized spacial score (nSPS) is 17.7. The molecule has 10 nitrogen and oxygen atoms in total. The van der Waals surface area contributed by atoms with Gasteiger partial charge in [0.1, 0.15) is 11.4 Å². The summed E-state index contributed by atoms with van der Waals surface area (Å²) in [6, 6.07) is 14.3. The van der Waals surface area contributed by atoms with Gasteiger partial charge in [-0.3, -0.25) is 9.59 Å². The van der Waals surface area contributed by atoms with E-state index in [1.54, 1.807) is 62.1 Å². The van der Waals surface area contributed by atoms with E-state index < -0.39 is 26.8 Å². The summed E-state index contributed by atoms with van der Waals surface area (Å²) in [4.78, 5) is 38.7. The SMILES string of the molecule is C[SiH](OC1CN(C(=O)CCOc2ccc(CNC(=O)c3ccc(CNC(=O)OC(C)(C)C)cc3)cc2)CC1O)C(C)(C)C. The fourth-order valence-corrected chi connectivity index (χ4v) is 5.43. The Hall–Kier alpha value is -3.41. The van der Waals surface area contributed by atoms with Crippen LogP contribution in [0.2, 0.25) is 11.6 Å². The molecule has 3 N–H and O–H groups in total. The maximum Gasteiger partial charge on any atom is 0.407 e. The maximum atomic E-state index is 12.7. The summed E-state index contributed by atoms with van der Waals surface area (Å²) in [7, 11) is -1.51. The summed E-state index contributed by atoms with van der Waals surface area (Å²) in [5, 5.41) is 16.1. The third kappa shape index (κ3) is 11.3. The molecule has 3 atom stereocenters. The molecule has 0 aliphatic carbocycles. The second-order valence-electron chi connectivity index (χ2n) is 13.0. The van der Waals surface area contributed by atoms with Crippen molar-refractivity contribution in [2.24, 2.45) is 0 Å². The number of hydrogen-bond donors (Lipinski definition) is 3. The van der Waals surface area contributed by atoms with Gasteiger partial charge in [0.05, 0.1) is 25.2 Å². The van der Waals surface area contributed by atoms with Crippen LogP contribution in [0, 0.1) is 0 Å². The van der Waals surface area contributed by atoms with E-state index in [0.29, 0.717) is 30.9 Å². The first kappa shape index (κ1) is 34.1. The molecule has 1 fully saturated rings. The van der Waals surface area contributed by atoms with Gasteiger partial charge in [0, 0.05) is 31.7 Å². The van der Waals surface area contributed by atoms with Gasteiger partial charge in [-0.05, 0) is 67.7 Å². The minimum absolute atomic E-state index is 0.0677. The highest BCUT2D eigenvalue weighted by molar-refractivity contribution is 6.53. The molecule has 0 bridgehead atoms. The number of benzene rings is 2. The first-order valence-electron chi connectivity index (χ1n) is 14.8. The molecule has 11 heteroatoms. The lowest BCUT2D eigenvalue weighted by Gasteiger charge is -2.29. The van der Waals surface area contributed by atoms with Crippen LogP contribution >= 0.6 is 0 Å². The van der Waals surface area contributed by atoms with E-state index in [2.05, 4.69) is 38.0 Å². The molecule has 43 heavy (non-hydrogen) atoms. The monoisotopic (exact) mass is 613 g/mol. The number of carbonyl (C=O) groups excluding carboxylic acids is 3. The molecule has 1 heterocycles. The van der Waals surface area contributed by atoms with E-state index in [-0.39, 0.29) is 42.5 Å². The Bertz CT molecular complexity index is 1220. The Morgan fingerprint density at radius 1 is 0.907 bits per heavy atom. The molecule has 0 aromatic heterocycles. The Morgan fingerprint density at radius 2 is 1.49 bits per heavy atom. The number of likely N-dealkylation sites (tertiary alicyclic amines) is 1. The van der Waals surface area contributed by atoms with Gasteiger partial charge < -0.3 is 34.5 Å². The predicted octanol–water partition coefficient (Wildman–Crippen LogP) is 4.15. The van der Waals surface area contributed by atoms with Crippen molar-refractivity contribution in [2.75, 3.05) is 19.7 Å². The van der Waals surface area contributed by atoms with Gasteiger partial charge in [-0.15, -0.1) is 0 Å². The van der Waals surface area contributed by atoms with E-state index in [0.717, 1.165) is 11.1 Å². The predicted molar refractivity (Wildman–Crippen MR) is 167 cm³/mol. The number of aliphatic hydroxyl groups excluding tert-OH is 1. The van der Waals surface area contributed by atoms with Crippen LogP contribution in [0.5, 0.6) is 5.75 Å². The van der Waals surface area contributed by atoms with Crippen LogP contribution < -0.4 is 15.4 Å². The molecule has 0 radical (unpaired) electrons. The first-order chi connectivity index (χ1) is 20.1. The van der Waals surface area contributed by atoms with Gasteiger partial charge in [-0.25, -0.2) is 4.79 Å². The molecule has 1 saturated heterocycles. The highest BCUT2D eigenvalue weighted by atomic mass is 28.3. The maximum absolute atomic E-state index is 12.7. The van der Waals surface area contributed by atoms with Crippen molar-refractivity contribution in [1.29, 1.82) is 0 Å². The van der Waals surface area contributed by atoms with Gasteiger partial charge in [0.25, 0.3) is 5.91 Å². The standard InChI is InChI=1S/C32H47N3O7Si/c1-31(2,3)41-30(39)34-19-22-8-12-24(13-9-22)29(38)33-18-23-10-14-25(15-11-23)40-17-16-28(37)35-20-26(36)27(21-35)42-43(7)32(4,5)6/h8-15,26-27,36,43H,16-21H2,1-7H3,(H,33,38)(H,34,39). The highest BCUT2D eigenvalue weighted by Gasteiger charge is 2.37. The van der Waals surface area contributed by atoms with Gasteiger partial charge >= 0.3 is 6.09 Å². The van der Waals surface area contributed by atoms with Crippen LogP contribution in [0.1, 0.15) is 69.4 Å². The van der Waals surface area contributed by atoms with Crippen molar-refractivity contribution in [3.05, 3.63) is 65.2 Å². The van der Waals surface area contributed by atoms with Gasteiger partial charge in [0.2, 0.25) is 5.91 Å². The number of ether oxygens (including phenoxy) is 2. The summed E-state index contributed by atoms with van der Waals surface area (Å²) in [5.41, 5.74) is 1.70. The van der Waals surface area contributed by atoms with E-state index in [1.807, 2.05) is 12.1 Å². The van der Waals surface area contributed by atoms with Crippen LogP contribution in [-0.2, 0) is 27.0 Å². The van der Waals surface area contributed by atoms with E-state index in [9.17, 15) is 19.5 Å². The van der Waals surface area contributed by atoms with Crippen molar-refractivity contribution < 1.29 is 33.4 Å². The average molecular weight is 614 g/mol. The average Bonchev–Trinajstić information content (AvgIpc) is 3.30. The summed E-state index contributed by atoms with van der Waals surface area (Å²) in [6.45, 7) is 15.5. The second-order valence-corrected chi connectivity index (χ2v) is 16.3. The molecular weight excluding hydrogens is 566 g/mol. The largest absolute Gasteiger partial charge is 0.493 e. The lowest BCUT2D eigenvalue weighted by Crippen LogP contribution is -2.37. The number of amides is 3. The van der Waals surface area contributed by atoms with Crippen molar-refractivity contribution in [3.63, 3.8) is 0 Å². The summed E-state index contributed by atoms with van der Waals surface area (Å²) >= 11 is 0. The number of nitrogens with zero attached hydrogens (tertiary/aromatic N) is 1. The molecule has 1 aliphatic heterocycles. The fraction of sp³-hybridized carbons (Fsp3) is 0.531. The molecular formula is C32H47N3O7Si. The quantitative estimate of drug-likeness (QED) is 0.325. The van der Waals surface area contributed by atoms with E-state index in [1.165, 1.54) is 0 Å². The number of alkyl carbamates (subject to hydrolysis) is 1. The summed E-state index contributed by atoms with van der Waals surface area (Å²) in [5.74, 6) is 0.355. The minimum atomic E-state index is -1.51. The van der Waals surface area contributed by atoms with Crippen molar-refractivity contribution in [2.45, 2.75) is 90.4 Å². The molecule has 0 saturated carbocycles. The summed E-state index contributed by atoms with van der Waals surface area (Å²) in [6.07, 6.45) is -1.28. The number of nitrogens with one attached hydrogen (secondary N) is 2. The van der Waals surface area contributed by atoms with Crippen molar-refractivity contribution in [1.82, 2.24) is 15.5 Å².